The summed E-state index contributed by atoms with van der Waals surface area (Å²) in [7, 11) is 3.16. The summed E-state index contributed by atoms with van der Waals surface area (Å²) in [6, 6.07) is 5.42. The summed E-state index contributed by atoms with van der Waals surface area (Å²) in [6.45, 7) is 3.47. The molecular formula is C18H21N3O3. The van der Waals surface area contributed by atoms with Crippen molar-refractivity contribution in [3.05, 3.63) is 42.0 Å². The van der Waals surface area contributed by atoms with Crippen LogP contribution >= 0.6 is 0 Å². The lowest BCUT2D eigenvalue weighted by Crippen LogP contribution is -2.09. The first-order chi connectivity index (χ1) is 11.5. The molecule has 24 heavy (non-hydrogen) atoms. The topological polar surface area (TPSA) is 87.3 Å². The van der Waals surface area contributed by atoms with Crippen LogP contribution < -0.4 is 15.2 Å². The first-order valence-electron chi connectivity index (χ1n) is 7.56. The number of rotatable bonds is 6. The number of carbonyl (C=O) groups excluding carboxylic acids is 1. The molecule has 1 aromatic carbocycles. The Bertz CT molecular complexity index is 781. The predicted octanol–water partition coefficient (Wildman–Crippen LogP) is 2.83. The van der Waals surface area contributed by atoms with Crippen molar-refractivity contribution in [1.82, 2.24) is 9.97 Å². The molecule has 0 radical (unpaired) electrons. The summed E-state index contributed by atoms with van der Waals surface area (Å²) >= 11 is 0. The molecule has 0 saturated heterocycles. The van der Waals surface area contributed by atoms with E-state index in [9.17, 15) is 4.79 Å². The number of benzene rings is 1. The normalized spacial score (nSPS) is 11.7. The van der Waals surface area contributed by atoms with E-state index in [1.54, 1.807) is 46.5 Å². The first-order valence-corrected chi connectivity index (χ1v) is 7.56. The second-order valence-electron chi connectivity index (χ2n) is 5.19. The maximum Gasteiger partial charge on any atom is 0.166 e. The minimum absolute atomic E-state index is 0.0665. The summed E-state index contributed by atoms with van der Waals surface area (Å²) in [6.07, 6.45) is 3.51. The van der Waals surface area contributed by atoms with Gasteiger partial charge in [-0.3, -0.25) is 9.78 Å². The highest BCUT2D eigenvalue weighted by Gasteiger charge is 2.16. The number of nitrogens with zero attached hydrogens (tertiary/aromatic N) is 2. The van der Waals surface area contributed by atoms with Crippen molar-refractivity contribution in [3.63, 3.8) is 0 Å². The molecule has 126 valence electrons. The number of ketones is 1. The Kier molecular flexibility index (Phi) is 5.52. The van der Waals surface area contributed by atoms with Crippen LogP contribution in [0, 0.1) is 0 Å². The van der Waals surface area contributed by atoms with Crippen LogP contribution in [-0.2, 0) is 4.79 Å². The standard InChI is InChI=1S/C18H21N3O3/c1-5-16(22)18(11(2)19)15-10-20-9-14(21-15)13-7-6-12(23-3)8-17(13)24-4/h6-10H,5,19H2,1-4H3/b18-11+. The van der Waals surface area contributed by atoms with E-state index in [0.29, 0.717) is 40.6 Å². The van der Waals surface area contributed by atoms with Gasteiger partial charge in [-0.05, 0) is 19.1 Å². The lowest BCUT2D eigenvalue weighted by Gasteiger charge is -2.12. The van der Waals surface area contributed by atoms with Crippen molar-refractivity contribution in [2.24, 2.45) is 5.73 Å². The molecule has 0 aliphatic carbocycles. The molecule has 0 bridgehead atoms. The van der Waals surface area contributed by atoms with E-state index in [4.69, 9.17) is 15.2 Å². The number of nitrogens with two attached hydrogens (primary N) is 1. The third-order valence-electron chi connectivity index (χ3n) is 3.57. The van der Waals surface area contributed by atoms with Crippen LogP contribution in [0.25, 0.3) is 16.8 Å². The molecule has 1 heterocycles. The van der Waals surface area contributed by atoms with Gasteiger partial charge in [0.1, 0.15) is 11.5 Å². The molecule has 2 N–H and O–H groups in total. The van der Waals surface area contributed by atoms with Crippen LogP contribution in [0.4, 0.5) is 0 Å². The number of aromatic nitrogens is 2. The minimum atomic E-state index is -0.0665. The minimum Gasteiger partial charge on any atom is -0.497 e. The lowest BCUT2D eigenvalue weighted by atomic mass is 10.0. The third-order valence-corrected chi connectivity index (χ3v) is 3.57. The van der Waals surface area contributed by atoms with E-state index in [1.807, 2.05) is 12.1 Å². The van der Waals surface area contributed by atoms with E-state index >= 15 is 0 Å². The average molecular weight is 327 g/mol. The van der Waals surface area contributed by atoms with Crippen LogP contribution in [-0.4, -0.2) is 30.0 Å². The molecule has 6 heteroatoms. The monoisotopic (exact) mass is 327 g/mol. The Hall–Kier alpha value is -2.89. The number of Topliss-reactive ketones (excluding diaryl/α,β-unsaturated/α-hetero) is 1. The number of hydrogen-bond acceptors (Lipinski definition) is 6. The molecule has 0 spiro atoms. The lowest BCUT2D eigenvalue weighted by molar-refractivity contribution is -0.113. The van der Waals surface area contributed by atoms with Gasteiger partial charge in [0.2, 0.25) is 0 Å². The van der Waals surface area contributed by atoms with Gasteiger partial charge in [-0.1, -0.05) is 6.92 Å². The molecule has 2 aromatic rings. The van der Waals surface area contributed by atoms with Gasteiger partial charge in [-0.25, -0.2) is 4.98 Å². The fourth-order valence-electron chi connectivity index (χ4n) is 2.37. The van der Waals surface area contributed by atoms with Crippen LogP contribution in [0.5, 0.6) is 11.5 Å². The van der Waals surface area contributed by atoms with E-state index < -0.39 is 0 Å². The van der Waals surface area contributed by atoms with Crippen LogP contribution in [0.2, 0.25) is 0 Å². The third kappa shape index (κ3) is 3.53. The molecule has 0 aliphatic rings. The summed E-state index contributed by atoms with van der Waals surface area (Å²) in [5.41, 5.74) is 8.51. The van der Waals surface area contributed by atoms with E-state index in [-0.39, 0.29) is 5.78 Å². The smallest absolute Gasteiger partial charge is 0.166 e. The molecule has 0 fully saturated rings. The van der Waals surface area contributed by atoms with Crippen molar-refractivity contribution in [2.45, 2.75) is 20.3 Å². The zero-order valence-corrected chi connectivity index (χ0v) is 14.3. The zero-order valence-electron chi connectivity index (χ0n) is 14.3. The number of hydrogen-bond donors (Lipinski definition) is 1. The van der Waals surface area contributed by atoms with E-state index in [2.05, 4.69) is 9.97 Å². The highest BCUT2D eigenvalue weighted by Crippen LogP contribution is 2.32. The van der Waals surface area contributed by atoms with Crippen LogP contribution in [0.1, 0.15) is 26.0 Å². The fourth-order valence-corrected chi connectivity index (χ4v) is 2.37. The van der Waals surface area contributed by atoms with Crippen molar-refractivity contribution in [1.29, 1.82) is 0 Å². The van der Waals surface area contributed by atoms with Gasteiger partial charge in [-0.15, -0.1) is 0 Å². The molecular weight excluding hydrogens is 306 g/mol. The maximum absolute atomic E-state index is 12.2. The quantitative estimate of drug-likeness (QED) is 0.821. The Morgan fingerprint density at radius 2 is 1.96 bits per heavy atom. The molecule has 0 saturated carbocycles. The molecule has 0 aliphatic heterocycles. The van der Waals surface area contributed by atoms with Crippen molar-refractivity contribution in [3.8, 4) is 22.8 Å². The van der Waals surface area contributed by atoms with E-state index in [0.717, 1.165) is 5.56 Å². The largest absolute Gasteiger partial charge is 0.497 e. The highest BCUT2D eigenvalue weighted by atomic mass is 16.5. The fraction of sp³-hybridized carbons (Fsp3) is 0.278. The first kappa shape index (κ1) is 17.5. The van der Waals surface area contributed by atoms with Crippen molar-refractivity contribution in [2.75, 3.05) is 14.2 Å². The molecule has 0 amide bonds. The van der Waals surface area contributed by atoms with Crippen molar-refractivity contribution < 1.29 is 14.3 Å². The van der Waals surface area contributed by atoms with Crippen LogP contribution in [0.15, 0.2) is 36.3 Å². The number of carbonyl (C=O) groups is 1. The number of allylic oxidation sites excluding steroid dienone is 2. The van der Waals surface area contributed by atoms with Gasteiger partial charge in [-0.2, -0.15) is 0 Å². The summed E-state index contributed by atoms with van der Waals surface area (Å²) in [5.74, 6) is 1.22. The van der Waals surface area contributed by atoms with Gasteiger partial charge in [0, 0.05) is 23.7 Å². The van der Waals surface area contributed by atoms with Crippen LogP contribution in [0.3, 0.4) is 0 Å². The Labute approximate surface area is 141 Å². The van der Waals surface area contributed by atoms with Crippen molar-refractivity contribution >= 4 is 11.4 Å². The molecule has 2 rings (SSSR count). The molecule has 6 nitrogen and oxygen atoms in total. The van der Waals surface area contributed by atoms with Gasteiger partial charge in [0.05, 0.1) is 43.6 Å². The summed E-state index contributed by atoms with van der Waals surface area (Å²) in [5, 5.41) is 0. The van der Waals surface area contributed by atoms with E-state index in [1.165, 1.54) is 0 Å². The molecule has 0 unspecified atom stereocenters. The average Bonchev–Trinajstić information content (AvgIpc) is 2.61. The van der Waals surface area contributed by atoms with Gasteiger partial charge in [0.25, 0.3) is 0 Å². The highest BCUT2D eigenvalue weighted by molar-refractivity contribution is 6.20. The summed E-state index contributed by atoms with van der Waals surface area (Å²) < 4.78 is 10.6. The SMILES string of the molecule is CCC(=O)/C(=C(\C)N)c1cncc(-c2ccc(OC)cc2OC)n1. The maximum atomic E-state index is 12.2. The predicted molar refractivity (Wildman–Crippen MR) is 92.7 cm³/mol. The summed E-state index contributed by atoms with van der Waals surface area (Å²) in [4.78, 5) is 20.9. The number of methoxy groups -OCH3 is 2. The molecule has 1 aromatic heterocycles. The Balaban J connectivity index is 2.56. The zero-order chi connectivity index (χ0) is 17.7. The Morgan fingerprint density at radius 1 is 1.21 bits per heavy atom. The van der Waals surface area contributed by atoms with Gasteiger partial charge < -0.3 is 15.2 Å². The van der Waals surface area contributed by atoms with Gasteiger partial charge in [0.15, 0.2) is 5.78 Å². The number of ether oxygens (including phenoxy) is 2. The second-order valence-corrected chi connectivity index (χ2v) is 5.19. The van der Waals surface area contributed by atoms with Gasteiger partial charge >= 0.3 is 0 Å². The molecule has 0 atom stereocenters. The second kappa shape index (κ2) is 7.59. The Morgan fingerprint density at radius 3 is 2.54 bits per heavy atom.